The predicted octanol–water partition coefficient (Wildman–Crippen LogP) is 1.25. The van der Waals surface area contributed by atoms with Crippen LogP contribution in [0.5, 0.6) is 0 Å². The average Bonchev–Trinajstić information content (AvgIpc) is 2.37. The number of amides is 1. The van der Waals surface area contributed by atoms with Gasteiger partial charge in [0, 0.05) is 44.9 Å². The van der Waals surface area contributed by atoms with Crippen LogP contribution in [-0.4, -0.2) is 41.1 Å². The highest BCUT2D eigenvalue weighted by Crippen LogP contribution is 2.01. The number of nitrogens with zero attached hydrogens (tertiary/aromatic N) is 2. The molecule has 0 aliphatic carbocycles. The first-order valence-corrected chi connectivity index (χ1v) is 5.98. The van der Waals surface area contributed by atoms with Crippen LogP contribution in [0.1, 0.15) is 25.0 Å². The van der Waals surface area contributed by atoms with Crippen molar-refractivity contribution in [3.63, 3.8) is 0 Å². The van der Waals surface area contributed by atoms with E-state index in [9.17, 15) is 4.79 Å². The lowest BCUT2D eigenvalue weighted by Crippen LogP contribution is -2.28. The third-order valence-electron chi connectivity index (χ3n) is 2.65. The SMILES string of the molecule is CN(CCc1ccccn1)C(=O)CCCCO. The number of carbonyl (C=O) groups excluding carboxylic acids is 1. The fourth-order valence-corrected chi connectivity index (χ4v) is 1.53. The molecular formula is C13H20N2O2. The second-order valence-corrected chi connectivity index (χ2v) is 4.07. The number of hydrogen-bond acceptors (Lipinski definition) is 3. The molecule has 0 aromatic carbocycles. The molecule has 0 aliphatic rings. The van der Waals surface area contributed by atoms with Gasteiger partial charge in [-0.1, -0.05) is 6.07 Å². The molecule has 1 aromatic rings. The Kier molecular flexibility index (Phi) is 6.25. The molecule has 1 aromatic heterocycles. The maximum atomic E-state index is 11.7. The first-order valence-electron chi connectivity index (χ1n) is 5.98. The highest BCUT2D eigenvalue weighted by molar-refractivity contribution is 5.75. The first kappa shape index (κ1) is 13.6. The minimum atomic E-state index is 0.134. The Morgan fingerprint density at radius 1 is 1.41 bits per heavy atom. The van der Waals surface area contributed by atoms with Gasteiger partial charge in [0.2, 0.25) is 5.91 Å². The van der Waals surface area contributed by atoms with Crippen LogP contribution in [0.4, 0.5) is 0 Å². The Labute approximate surface area is 102 Å². The molecule has 1 heterocycles. The zero-order chi connectivity index (χ0) is 12.5. The summed E-state index contributed by atoms with van der Waals surface area (Å²) in [5, 5.41) is 8.64. The molecule has 17 heavy (non-hydrogen) atoms. The van der Waals surface area contributed by atoms with Gasteiger partial charge in [0.05, 0.1) is 0 Å². The largest absolute Gasteiger partial charge is 0.396 e. The van der Waals surface area contributed by atoms with Crippen LogP contribution in [0.15, 0.2) is 24.4 Å². The van der Waals surface area contributed by atoms with Gasteiger partial charge in [-0.15, -0.1) is 0 Å². The topological polar surface area (TPSA) is 53.4 Å². The van der Waals surface area contributed by atoms with Crippen molar-refractivity contribution < 1.29 is 9.90 Å². The number of aromatic nitrogens is 1. The molecule has 0 atom stereocenters. The molecule has 0 fully saturated rings. The molecule has 94 valence electrons. The van der Waals surface area contributed by atoms with E-state index in [1.54, 1.807) is 11.1 Å². The van der Waals surface area contributed by atoms with Gasteiger partial charge in [0.15, 0.2) is 0 Å². The normalized spacial score (nSPS) is 10.2. The number of unbranched alkanes of at least 4 members (excludes halogenated alkanes) is 1. The number of rotatable bonds is 7. The minimum absolute atomic E-state index is 0.134. The summed E-state index contributed by atoms with van der Waals surface area (Å²) in [6.07, 6.45) is 4.50. The maximum absolute atomic E-state index is 11.7. The van der Waals surface area contributed by atoms with Crippen LogP contribution in [0.25, 0.3) is 0 Å². The van der Waals surface area contributed by atoms with Gasteiger partial charge in [0.25, 0.3) is 0 Å². The second kappa shape index (κ2) is 7.79. The molecule has 0 unspecified atom stereocenters. The molecule has 1 rings (SSSR count). The second-order valence-electron chi connectivity index (χ2n) is 4.07. The summed E-state index contributed by atoms with van der Waals surface area (Å²) < 4.78 is 0. The standard InChI is InChI=1S/C13H20N2O2/c1-15(13(17)7-3-5-11-16)10-8-12-6-2-4-9-14-12/h2,4,6,9,16H,3,5,7-8,10-11H2,1H3. The van der Waals surface area contributed by atoms with Crippen LogP contribution >= 0.6 is 0 Å². The van der Waals surface area contributed by atoms with Gasteiger partial charge >= 0.3 is 0 Å². The molecule has 4 heteroatoms. The minimum Gasteiger partial charge on any atom is -0.396 e. The molecule has 1 N–H and O–H groups in total. The molecule has 0 aliphatic heterocycles. The third kappa shape index (κ3) is 5.45. The number of pyridine rings is 1. The quantitative estimate of drug-likeness (QED) is 0.725. The number of likely N-dealkylation sites (N-methyl/N-ethyl adjacent to an activating group) is 1. The summed E-state index contributed by atoms with van der Waals surface area (Å²) in [6.45, 7) is 0.847. The number of aliphatic hydroxyl groups is 1. The van der Waals surface area contributed by atoms with Crippen LogP contribution < -0.4 is 0 Å². The van der Waals surface area contributed by atoms with Crippen molar-refractivity contribution in [2.75, 3.05) is 20.2 Å². The van der Waals surface area contributed by atoms with Crippen molar-refractivity contribution >= 4 is 5.91 Å². The Morgan fingerprint density at radius 2 is 2.24 bits per heavy atom. The van der Waals surface area contributed by atoms with Crippen LogP contribution in [0, 0.1) is 0 Å². The van der Waals surface area contributed by atoms with Gasteiger partial charge in [-0.3, -0.25) is 9.78 Å². The lowest BCUT2D eigenvalue weighted by molar-refractivity contribution is -0.130. The first-order chi connectivity index (χ1) is 8.24. The highest BCUT2D eigenvalue weighted by atomic mass is 16.3. The average molecular weight is 236 g/mol. The van der Waals surface area contributed by atoms with Gasteiger partial charge < -0.3 is 10.0 Å². The van der Waals surface area contributed by atoms with E-state index < -0.39 is 0 Å². The van der Waals surface area contributed by atoms with Crippen LogP contribution in [0.2, 0.25) is 0 Å². The Hall–Kier alpha value is -1.42. The van der Waals surface area contributed by atoms with Crippen molar-refractivity contribution in [1.29, 1.82) is 0 Å². The Bertz CT molecular complexity index is 327. The van der Waals surface area contributed by atoms with E-state index in [1.807, 2.05) is 25.2 Å². The van der Waals surface area contributed by atoms with E-state index in [0.29, 0.717) is 19.4 Å². The van der Waals surface area contributed by atoms with E-state index >= 15 is 0 Å². The molecule has 0 saturated heterocycles. The number of carbonyl (C=O) groups is 1. The summed E-state index contributed by atoms with van der Waals surface area (Å²) >= 11 is 0. The lowest BCUT2D eigenvalue weighted by atomic mass is 10.2. The van der Waals surface area contributed by atoms with E-state index in [-0.39, 0.29) is 12.5 Å². The zero-order valence-electron chi connectivity index (χ0n) is 10.3. The summed E-state index contributed by atoms with van der Waals surface area (Å²) in [6, 6.07) is 5.79. The smallest absolute Gasteiger partial charge is 0.222 e. The van der Waals surface area contributed by atoms with Crippen molar-refractivity contribution in [1.82, 2.24) is 9.88 Å². The summed E-state index contributed by atoms with van der Waals surface area (Å²) in [5.41, 5.74) is 1.00. The Balaban J connectivity index is 2.24. The summed E-state index contributed by atoms with van der Waals surface area (Å²) in [4.78, 5) is 17.6. The Morgan fingerprint density at radius 3 is 2.88 bits per heavy atom. The van der Waals surface area contributed by atoms with E-state index in [1.165, 1.54) is 0 Å². The van der Waals surface area contributed by atoms with Crippen molar-refractivity contribution in [2.45, 2.75) is 25.7 Å². The molecule has 0 bridgehead atoms. The van der Waals surface area contributed by atoms with Gasteiger partial charge in [-0.2, -0.15) is 0 Å². The van der Waals surface area contributed by atoms with Gasteiger partial charge in [-0.05, 0) is 25.0 Å². The number of hydrogen-bond donors (Lipinski definition) is 1. The third-order valence-corrected chi connectivity index (χ3v) is 2.65. The highest BCUT2D eigenvalue weighted by Gasteiger charge is 2.08. The summed E-state index contributed by atoms with van der Waals surface area (Å²) in [5.74, 6) is 0.134. The van der Waals surface area contributed by atoms with Crippen molar-refractivity contribution in [2.24, 2.45) is 0 Å². The molecule has 1 amide bonds. The molecule has 0 spiro atoms. The molecule has 0 saturated carbocycles. The molecule has 0 radical (unpaired) electrons. The van der Waals surface area contributed by atoms with Crippen LogP contribution in [-0.2, 0) is 11.2 Å². The maximum Gasteiger partial charge on any atom is 0.222 e. The summed E-state index contributed by atoms with van der Waals surface area (Å²) in [7, 11) is 1.81. The fraction of sp³-hybridized carbons (Fsp3) is 0.538. The zero-order valence-corrected chi connectivity index (χ0v) is 10.3. The fourth-order valence-electron chi connectivity index (χ4n) is 1.53. The molecular weight excluding hydrogens is 216 g/mol. The van der Waals surface area contributed by atoms with E-state index in [0.717, 1.165) is 18.5 Å². The lowest BCUT2D eigenvalue weighted by Gasteiger charge is -2.16. The van der Waals surface area contributed by atoms with E-state index in [2.05, 4.69) is 4.98 Å². The van der Waals surface area contributed by atoms with Crippen molar-refractivity contribution in [3.05, 3.63) is 30.1 Å². The van der Waals surface area contributed by atoms with Gasteiger partial charge in [0.1, 0.15) is 0 Å². The van der Waals surface area contributed by atoms with E-state index in [4.69, 9.17) is 5.11 Å². The predicted molar refractivity (Wildman–Crippen MR) is 66.5 cm³/mol. The number of aliphatic hydroxyl groups excluding tert-OH is 1. The van der Waals surface area contributed by atoms with Crippen molar-refractivity contribution in [3.8, 4) is 0 Å². The monoisotopic (exact) mass is 236 g/mol. The molecule has 4 nitrogen and oxygen atoms in total. The van der Waals surface area contributed by atoms with Crippen LogP contribution in [0.3, 0.4) is 0 Å². The van der Waals surface area contributed by atoms with Gasteiger partial charge in [-0.25, -0.2) is 0 Å².